The van der Waals surface area contributed by atoms with E-state index in [2.05, 4.69) is 5.32 Å². The van der Waals surface area contributed by atoms with Crippen LogP contribution in [0.1, 0.15) is 5.56 Å². The maximum absolute atomic E-state index is 12.9. The van der Waals surface area contributed by atoms with E-state index in [-0.39, 0.29) is 23.4 Å². The first-order valence-corrected chi connectivity index (χ1v) is 12.2. The van der Waals surface area contributed by atoms with Gasteiger partial charge in [0, 0.05) is 0 Å². The zero-order valence-electron chi connectivity index (χ0n) is 18.3. The fourth-order valence-electron chi connectivity index (χ4n) is 3.17. The van der Waals surface area contributed by atoms with Crippen molar-refractivity contribution in [2.45, 2.75) is 0 Å². The molecule has 1 heterocycles. The van der Waals surface area contributed by atoms with Gasteiger partial charge in [-0.1, -0.05) is 65.4 Å². The Morgan fingerprint density at radius 2 is 1.74 bits per heavy atom. The molecular formula is C25H18Cl2N2O4S2. The molecule has 1 saturated heterocycles. The van der Waals surface area contributed by atoms with Crippen LogP contribution in [0, 0.1) is 0 Å². The van der Waals surface area contributed by atoms with E-state index in [9.17, 15) is 9.59 Å². The number of carbonyl (C=O) groups is 2. The van der Waals surface area contributed by atoms with E-state index in [0.717, 1.165) is 5.56 Å². The van der Waals surface area contributed by atoms with Gasteiger partial charge in [-0.25, -0.2) is 0 Å². The number of ether oxygens (including phenoxy) is 2. The zero-order valence-corrected chi connectivity index (χ0v) is 21.4. The molecule has 0 unspecified atom stereocenters. The summed E-state index contributed by atoms with van der Waals surface area (Å²) in [6.45, 7) is -0.206. The minimum atomic E-state index is -0.375. The average Bonchev–Trinajstić information content (AvgIpc) is 3.14. The molecule has 0 atom stereocenters. The van der Waals surface area contributed by atoms with Crippen molar-refractivity contribution in [1.82, 2.24) is 0 Å². The highest BCUT2D eigenvalue weighted by molar-refractivity contribution is 8.27. The van der Waals surface area contributed by atoms with E-state index in [1.807, 2.05) is 0 Å². The predicted octanol–water partition coefficient (Wildman–Crippen LogP) is 6.43. The number of rotatable bonds is 7. The molecule has 3 aromatic rings. The van der Waals surface area contributed by atoms with Gasteiger partial charge < -0.3 is 14.8 Å². The third-order valence-corrected chi connectivity index (χ3v) is 7.02. The second kappa shape index (κ2) is 11.1. The standard InChI is InChI=1S/C25H18Cl2N2O4S2/c1-32-17-11-7-16(8-12-17)29-24(31)21(35-25(29)34)13-15-5-9-18(10-6-15)33-14-22(30)28-20-4-2-3-19(26)23(20)27/h2-13H,14H2,1H3,(H,28,30)/b21-13-. The largest absolute Gasteiger partial charge is 0.497 e. The van der Waals surface area contributed by atoms with Crippen LogP contribution in [0.25, 0.3) is 6.08 Å². The van der Waals surface area contributed by atoms with Gasteiger partial charge in [-0.15, -0.1) is 0 Å². The third kappa shape index (κ3) is 5.97. The van der Waals surface area contributed by atoms with Crippen LogP contribution in [0.15, 0.2) is 71.6 Å². The van der Waals surface area contributed by atoms with E-state index in [4.69, 9.17) is 44.9 Å². The molecule has 4 rings (SSSR count). The van der Waals surface area contributed by atoms with Gasteiger partial charge in [-0.3, -0.25) is 14.5 Å². The second-order valence-corrected chi connectivity index (χ2v) is 9.68. The number of carbonyl (C=O) groups excluding carboxylic acids is 2. The summed E-state index contributed by atoms with van der Waals surface area (Å²) in [4.78, 5) is 27.1. The summed E-state index contributed by atoms with van der Waals surface area (Å²) < 4.78 is 11.2. The topological polar surface area (TPSA) is 67.9 Å². The van der Waals surface area contributed by atoms with E-state index in [0.29, 0.717) is 37.1 Å². The van der Waals surface area contributed by atoms with Crippen molar-refractivity contribution in [3.05, 3.63) is 87.2 Å². The zero-order chi connectivity index (χ0) is 24.9. The maximum atomic E-state index is 12.9. The van der Waals surface area contributed by atoms with Crippen LogP contribution in [-0.2, 0) is 9.59 Å². The lowest BCUT2D eigenvalue weighted by Crippen LogP contribution is -2.27. The van der Waals surface area contributed by atoms with Crippen LogP contribution in [0.5, 0.6) is 11.5 Å². The molecule has 0 bridgehead atoms. The van der Waals surface area contributed by atoms with Gasteiger partial charge in [0.25, 0.3) is 11.8 Å². The van der Waals surface area contributed by atoms with Gasteiger partial charge in [0.2, 0.25) is 0 Å². The van der Waals surface area contributed by atoms with Crippen LogP contribution < -0.4 is 19.7 Å². The Morgan fingerprint density at radius 3 is 2.43 bits per heavy atom. The van der Waals surface area contributed by atoms with Crippen molar-refractivity contribution in [3.63, 3.8) is 0 Å². The molecule has 3 aromatic carbocycles. The normalized spacial score (nSPS) is 14.4. The average molecular weight is 545 g/mol. The van der Waals surface area contributed by atoms with Crippen molar-refractivity contribution in [3.8, 4) is 11.5 Å². The van der Waals surface area contributed by atoms with Crippen LogP contribution in [-0.4, -0.2) is 29.9 Å². The smallest absolute Gasteiger partial charge is 0.270 e. The number of thioether (sulfide) groups is 1. The van der Waals surface area contributed by atoms with Gasteiger partial charge in [0.15, 0.2) is 10.9 Å². The second-order valence-electron chi connectivity index (χ2n) is 7.22. The molecule has 0 aromatic heterocycles. The molecule has 10 heteroatoms. The molecule has 0 saturated carbocycles. The molecule has 2 amide bonds. The third-order valence-electron chi connectivity index (χ3n) is 4.90. The minimum Gasteiger partial charge on any atom is -0.497 e. The number of thiocarbonyl (C=S) groups is 1. The lowest BCUT2D eigenvalue weighted by Gasteiger charge is -2.14. The molecular weight excluding hydrogens is 527 g/mol. The summed E-state index contributed by atoms with van der Waals surface area (Å²) in [5, 5.41) is 3.28. The van der Waals surface area contributed by atoms with E-state index in [1.165, 1.54) is 16.7 Å². The van der Waals surface area contributed by atoms with Crippen molar-refractivity contribution < 1.29 is 19.1 Å². The van der Waals surface area contributed by atoms with Gasteiger partial charge in [-0.05, 0) is 60.2 Å². The number of hydrogen-bond acceptors (Lipinski definition) is 6. The lowest BCUT2D eigenvalue weighted by atomic mass is 10.2. The van der Waals surface area contributed by atoms with Gasteiger partial charge in [0.05, 0.1) is 33.4 Å². The summed E-state index contributed by atoms with van der Waals surface area (Å²) in [6, 6.07) is 19.1. The van der Waals surface area contributed by atoms with Crippen LogP contribution >= 0.6 is 47.2 Å². The Morgan fingerprint density at radius 1 is 1.06 bits per heavy atom. The predicted molar refractivity (Wildman–Crippen MR) is 146 cm³/mol. The van der Waals surface area contributed by atoms with Gasteiger partial charge >= 0.3 is 0 Å². The van der Waals surface area contributed by atoms with E-state index < -0.39 is 0 Å². The number of nitrogens with zero attached hydrogens (tertiary/aromatic N) is 1. The van der Waals surface area contributed by atoms with Gasteiger partial charge in [0.1, 0.15) is 11.5 Å². The molecule has 178 valence electrons. The highest BCUT2D eigenvalue weighted by atomic mass is 35.5. The monoisotopic (exact) mass is 544 g/mol. The Bertz CT molecular complexity index is 1310. The number of hydrogen-bond donors (Lipinski definition) is 1. The molecule has 6 nitrogen and oxygen atoms in total. The quantitative estimate of drug-likeness (QED) is 0.273. The summed E-state index contributed by atoms with van der Waals surface area (Å²) in [6.07, 6.45) is 1.76. The molecule has 1 N–H and O–H groups in total. The molecule has 0 spiro atoms. The van der Waals surface area contributed by atoms with Crippen molar-refractivity contribution in [2.24, 2.45) is 0 Å². The number of halogens is 2. The molecule has 0 radical (unpaired) electrons. The Balaban J connectivity index is 1.37. The SMILES string of the molecule is COc1ccc(N2C(=O)/C(=C/c3ccc(OCC(=O)Nc4cccc(Cl)c4Cl)cc3)SC2=S)cc1. The lowest BCUT2D eigenvalue weighted by molar-refractivity contribution is -0.118. The first-order chi connectivity index (χ1) is 16.9. The Labute approximate surface area is 221 Å². The van der Waals surface area contributed by atoms with E-state index in [1.54, 1.807) is 79.9 Å². The number of benzene rings is 3. The number of methoxy groups -OCH3 is 1. The molecule has 35 heavy (non-hydrogen) atoms. The fourth-order valence-corrected chi connectivity index (χ4v) is 4.82. The highest BCUT2D eigenvalue weighted by Gasteiger charge is 2.33. The Kier molecular flexibility index (Phi) is 7.97. The first kappa shape index (κ1) is 25.1. The Hall–Kier alpha value is -3.04. The first-order valence-electron chi connectivity index (χ1n) is 10.2. The van der Waals surface area contributed by atoms with Crippen LogP contribution in [0.3, 0.4) is 0 Å². The van der Waals surface area contributed by atoms with Crippen molar-refractivity contribution >= 4 is 80.8 Å². The summed E-state index contributed by atoms with van der Waals surface area (Å²) in [7, 11) is 1.58. The number of nitrogens with one attached hydrogen (secondary N) is 1. The molecule has 1 aliphatic rings. The highest BCUT2D eigenvalue weighted by Crippen LogP contribution is 2.36. The molecule has 1 aliphatic heterocycles. The number of anilines is 2. The summed E-state index contributed by atoms with van der Waals surface area (Å²) >= 11 is 18.7. The molecule has 0 aliphatic carbocycles. The van der Waals surface area contributed by atoms with Gasteiger partial charge in [-0.2, -0.15) is 0 Å². The summed E-state index contributed by atoms with van der Waals surface area (Å²) in [5.74, 6) is 0.630. The fraction of sp³-hybridized carbons (Fsp3) is 0.0800. The van der Waals surface area contributed by atoms with Crippen LogP contribution in [0.4, 0.5) is 11.4 Å². The summed E-state index contributed by atoms with van der Waals surface area (Å²) in [5.41, 5.74) is 1.88. The van der Waals surface area contributed by atoms with Crippen molar-refractivity contribution in [1.29, 1.82) is 0 Å². The minimum absolute atomic E-state index is 0.193. The maximum Gasteiger partial charge on any atom is 0.270 e. The van der Waals surface area contributed by atoms with Crippen molar-refractivity contribution in [2.75, 3.05) is 23.9 Å². The van der Waals surface area contributed by atoms with Crippen LogP contribution in [0.2, 0.25) is 10.0 Å². The molecule has 1 fully saturated rings. The van der Waals surface area contributed by atoms with E-state index >= 15 is 0 Å². The number of amides is 2.